The van der Waals surface area contributed by atoms with E-state index in [-0.39, 0.29) is 17.9 Å². The predicted molar refractivity (Wildman–Crippen MR) is 118 cm³/mol. The molecule has 146 valence electrons. The van der Waals surface area contributed by atoms with E-state index in [4.69, 9.17) is 23.1 Å². The maximum absolute atomic E-state index is 11.5. The van der Waals surface area contributed by atoms with Crippen molar-refractivity contribution in [3.63, 3.8) is 0 Å². The highest BCUT2D eigenvalue weighted by molar-refractivity contribution is 7.20. The number of nitrogens with one attached hydrogen (secondary N) is 1. The molecule has 0 aromatic carbocycles. The van der Waals surface area contributed by atoms with Gasteiger partial charge in [-0.3, -0.25) is 4.79 Å². The number of halogens is 1. The van der Waals surface area contributed by atoms with Crippen LogP contribution >= 0.6 is 34.3 Å². The third kappa shape index (κ3) is 3.67. The van der Waals surface area contributed by atoms with E-state index in [1.54, 1.807) is 22.7 Å². The minimum absolute atomic E-state index is 0.141. The van der Waals surface area contributed by atoms with Gasteiger partial charge in [0.2, 0.25) is 5.91 Å². The Bertz CT molecular complexity index is 1060. The van der Waals surface area contributed by atoms with Crippen LogP contribution in [-0.2, 0) is 11.3 Å². The lowest BCUT2D eigenvalue weighted by molar-refractivity contribution is -0.114. The molecule has 0 fully saturated rings. The van der Waals surface area contributed by atoms with Crippen LogP contribution in [0.2, 0.25) is 5.15 Å². The first-order valence-corrected chi connectivity index (χ1v) is 11.1. The number of anilines is 1. The summed E-state index contributed by atoms with van der Waals surface area (Å²) in [5.74, 6) is -0.235. The molecular formula is C20H21ClN4OS2. The van der Waals surface area contributed by atoms with Crippen LogP contribution in [0.4, 0.5) is 5.69 Å². The molecule has 0 unspecified atom stereocenters. The number of nitrogens with zero attached hydrogens (tertiary/aromatic N) is 1. The van der Waals surface area contributed by atoms with E-state index < -0.39 is 0 Å². The van der Waals surface area contributed by atoms with Crippen molar-refractivity contribution in [3.05, 3.63) is 55.7 Å². The summed E-state index contributed by atoms with van der Waals surface area (Å²) in [7, 11) is 0. The van der Waals surface area contributed by atoms with Gasteiger partial charge in [-0.25, -0.2) is 4.98 Å². The van der Waals surface area contributed by atoms with E-state index in [0.29, 0.717) is 23.6 Å². The number of amides is 1. The number of hydrogen-bond acceptors (Lipinski definition) is 6. The van der Waals surface area contributed by atoms with Crippen LogP contribution in [0.25, 0.3) is 10.2 Å². The quantitative estimate of drug-likeness (QED) is 0.515. The second kappa shape index (κ2) is 7.83. The summed E-state index contributed by atoms with van der Waals surface area (Å²) >= 11 is 9.73. The van der Waals surface area contributed by atoms with E-state index in [0.717, 1.165) is 28.0 Å². The van der Waals surface area contributed by atoms with Crippen molar-refractivity contribution in [2.75, 3.05) is 5.32 Å². The Morgan fingerprint density at radius 3 is 2.96 bits per heavy atom. The molecule has 1 amide bonds. The normalized spacial score (nSPS) is 19.6. The van der Waals surface area contributed by atoms with Crippen molar-refractivity contribution in [1.82, 2.24) is 4.98 Å². The van der Waals surface area contributed by atoms with Crippen LogP contribution < -0.4 is 16.8 Å². The Hall–Kier alpha value is -1.93. The van der Waals surface area contributed by atoms with Crippen molar-refractivity contribution < 1.29 is 4.79 Å². The summed E-state index contributed by atoms with van der Waals surface area (Å²) in [6, 6.07) is 5.88. The highest BCUT2D eigenvalue weighted by Crippen LogP contribution is 2.43. The largest absolute Gasteiger partial charge is 0.379 e. The van der Waals surface area contributed by atoms with Gasteiger partial charge < -0.3 is 16.8 Å². The Labute approximate surface area is 176 Å². The van der Waals surface area contributed by atoms with Gasteiger partial charge in [0.25, 0.3) is 0 Å². The number of aryl methyl sites for hydroxylation is 1. The average molecular weight is 433 g/mol. The summed E-state index contributed by atoms with van der Waals surface area (Å²) in [4.78, 5) is 18.5. The summed E-state index contributed by atoms with van der Waals surface area (Å²) < 4.78 is 1.09. The van der Waals surface area contributed by atoms with E-state index in [2.05, 4.69) is 28.7 Å². The first kappa shape index (κ1) is 19.4. The van der Waals surface area contributed by atoms with E-state index in [9.17, 15) is 4.79 Å². The topological polar surface area (TPSA) is 94.0 Å². The summed E-state index contributed by atoms with van der Waals surface area (Å²) in [5, 5.41) is 6.04. The van der Waals surface area contributed by atoms with Crippen LogP contribution in [0.3, 0.4) is 0 Å². The maximum atomic E-state index is 11.5. The van der Waals surface area contributed by atoms with Gasteiger partial charge in [-0.2, -0.15) is 0 Å². The minimum atomic E-state index is -0.379. The molecule has 5 nitrogen and oxygen atoms in total. The molecule has 0 saturated heterocycles. The number of pyridine rings is 1. The molecule has 3 aromatic rings. The van der Waals surface area contributed by atoms with Crippen LogP contribution in [-0.4, -0.2) is 16.9 Å². The Morgan fingerprint density at radius 1 is 1.46 bits per heavy atom. The highest BCUT2D eigenvalue weighted by atomic mass is 35.5. The van der Waals surface area contributed by atoms with Gasteiger partial charge in [-0.1, -0.05) is 23.7 Å². The van der Waals surface area contributed by atoms with Crippen LogP contribution in [0, 0.1) is 6.92 Å². The second-order valence-electron chi connectivity index (χ2n) is 7.00. The van der Waals surface area contributed by atoms with Crippen molar-refractivity contribution in [1.29, 1.82) is 0 Å². The highest BCUT2D eigenvalue weighted by Gasteiger charge is 2.30. The summed E-state index contributed by atoms with van der Waals surface area (Å²) in [6.07, 6.45) is 3.14. The average Bonchev–Trinajstić information content (AvgIpc) is 3.28. The van der Waals surface area contributed by atoms with Crippen LogP contribution in [0.1, 0.15) is 34.1 Å². The van der Waals surface area contributed by atoms with Gasteiger partial charge in [0.1, 0.15) is 5.15 Å². The standard InChI is InChI=1S/C20H21ClN4OS2/c1-10-17-19(15(8-16(21)25-17)24-9-12-3-2-6-27-12)28-18(10)13-5-4-11(20(23)26)7-14(13)22/h2-4,6,8,13-14H,5,7,9,22H2,1H3,(H2,23,26)(H,24,25)/t13-,14-/m0/s1. The van der Waals surface area contributed by atoms with Gasteiger partial charge in [-0.15, -0.1) is 22.7 Å². The number of hydrogen-bond donors (Lipinski definition) is 3. The minimum Gasteiger partial charge on any atom is -0.379 e. The lowest BCUT2D eigenvalue weighted by Gasteiger charge is -2.27. The summed E-state index contributed by atoms with van der Waals surface area (Å²) in [6.45, 7) is 2.81. The SMILES string of the molecule is Cc1c([C@H]2CC=C(C(N)=O)C[C@@H]2N)sc2c(NCc3cccs3)cc(Cl)nc12. The molecule has 1 aliphatic carbocycles. The maximum Gasteiger partial charge on any atom is 0.244 e. The molecule has 3 aromatic heterocycles. The number of carbonyl (C=O) groups excluding carboxylic acids is 1. The van der Waals surface area contributed by atoms with Crippen LogP contribution in [0.15, 0.2) is 35.2 Å². The fourth-order valence-electron chi connectivity index (χ4n) is 3.67. The van der Waals surface area contributed by atoms with Gasteiger partial charge in [-0.05, 0) is 36.8 Å². The number of primary amides is 1. The van der Waals surface area contributed by atoms with Gasteiger partial charge in [0, 0.05) is 39.9 Å². The smallest absolute Gasteiger partial charge is 0.244 e. The molecular weight excluding hydrogens is 412 g/mol. The first-order chi connectivity index (χ1) is 13.4. The first-order valence-electron chi connectivity index (χ1n) is 9.04. The third-order valence-corrected chi connectivity index (χ3v) is 7.67. The number of allylic oxidation sites excluding steroid dienone is 1. The Kier molecular flexibility index (Phi) is 5.42. The number of rotatable bonds is 5. The molecule has 8 heteroatoms. The van der Waals surface area contributed by atoms with E-state index in [1.807, 2.05) is 18.2 Å². The Balaban J connectivity index is 1.70. The molecule has 0 aliphatic heterocycles. The monoisotopic (exact) mass is 432 g/mol. The summed E-state index contributed by atoms with van der Waals surface area (Å²) in [5.41, 5.74) is 15.5. The molecule has 5 N–H and O–H groups in total. The molecule has 3 heterocycles. The van der Waals surface area contributed by atoms with Crippen LogP contribution in [0.5, 0.6) is 0 Å². The Morgan fingerprint density at radius 2 is 2.29 bits per heavy atom. The number of aromatic nitrogens is 1. The molecule has 0 bridgehead atoms. The third-order valence-electron chi connectivity index (χ3n) is 5.16. The zero-order chi connectivity index (χ0) is 19.8. The van der Waals surface area contributed by atoms with Gasteiger partial charge >= 0.3 is 0 Å². The molecule has 2 atom stereocenters. The van der Waals surface area contributed by atoms with Gasteiger partial charge in [0.15, 0.2) is 0 Å². The van der Waals surface area contributed by atoms with E-state index >= 15 is 0 Å². The van der Waals surface area contributed by atoms with E-state index in [1.165, 1.54) is 9.75 Å². The molecule has 28 heavy (non-hydrogen) atoms. The molecule has 0 radical (unpaired) electrons. The molecule has 0 saturated carbocycles. The van der Waals surface area contributed by atoms with Crippen molar-refractivity contribution in [2.45, 2.75) is 38.3 Å². The number of carbonyl (C=O) groups is 1. The molecule has 0 spiro atoms. The van der Waals surface area contributed by atoms with Crippen molar-refractivity contribution in [2.24, 2.45) is 11.5 Å². The number of nitrogens with two attached hydrogens (primary N) is 2. The lowest BCUT2D eigenvalue weighted by Crippen LogP contribution is -2.34. The molecule has 4 rings (SSSR count). The van der Waals surface area contributed by atoms with Crippen molar-refractivity contribution in [3.8, 4) is 0 Å². The zero-order valence-corrected chi connectivity index (χ0v) is 17.8. The molecule has 1 aliphatic rings. The number of thiophene rings is 2. The fraction of sp³-hybridized carbons (Fsp3) is 0.300. The fourth-order valence-corrected chi connectivity index (χ4v) is 5.94. The lowest BCUT2D eigenvalue weighted by atomic mass is 9.83. The zero-order valence-electron chi connectivity index (χ0n) is 15.4. The van der Waals surface area contributed by atoms with Gasteiger partial charge in [0.05, 0.1) is 15.9 Å². The second-order valence-corrected chi connectivity index (χ2v) is 9.47. The number of fused-ring (bicyclic) bond motifs is 1. The van der Waals surface area contributed by atoms with Crippen molar-refractivity contribution >= 4 is 56.1 Å². The predicted octanol–water partition coefficient (Wildman–Crippen LogP) is 4.55.